The second kappa shape index (κ2) is 7.37. The van der Waals surface area contributed by atoms with Crippen LogP contribution in [0.2, 0.25) is 0 Å². The third kappa shape index (κ3) is 2.67. The molecule has 2 heterocycles. The van der Waals surface area contributed by atoms with E-state index < -0.39 is 89.2 Å². The van der Waals surface area contributed by atoms with Crippen LogP contribution in [-0.2, 0) is 23.8 Å². The zero-order chi connectivity index (χ0) is 26.0. The van der Waals surface area contributed by atoms with Gasteiger partial charge in [0.15, 0.2) is 6.29 Å². The van der Waals surface area contributed by atoms with Gasteiger partial charge in [0, 0.05) is 23.7 Å². The molecular formula is C25H31O11-. The van der Waals surface area contributed by atoms with Crippen LogP contribution in [0, 0.1) is 28.6 Å². The van der Waals surface area contributed by atoms with Gasteiger partial charge in [-0.05, 0) is 49.7 Å². The maximum Gasteiger partial charge on any atom is 0.316 e. The summed E-state index contributed by atoms with van der Waals surface area (Å²) >= 11 is 0. The third-order valence-electron chi connectivity index (χ3n) is 10.2. The second-order valence-electron chi connectivity index (χ2n) is 11.7. The lowest BCUT2D eigenvalue weighted by Gasteiger charge is -2.46. The van der Waals surface area contributed by atoms with E-state index in [-0.39, 0.29) is 18.8 Å². The molecule has 1 spiro atoms. The van der Waals surface area contributed by atoms with E-state index in [1.54, 1.807) is 19.1 Å². The van der Waals surface area contributed by atoms with Crippen LogP contribution in [0.1, 0.15) is 32.6 Å². The highest BCUT2D eigenvalue weighted by atomic mass is 16.7. The number of ether oxygens (including phenoxy) is 3. The first-order valence-corrected chi connectivity index (χ1v) is 12.4. The molecule has 4 aliphatic carbocycles. The second-order valence-corrected chi connectivity index (χ2v) is 11.7. The molecule has 0 aromatic heterocycles. The quantitative estimate of drug-likeness (QED) is 0.200. The molecule has 2 saturated heterocycles. The van der Waals surface area contributed by atoms with Crippen molar-refractivity contribution in [1.82, 2.24) is 0 Å². The van der Waals surface area contributed by atoms with Crippen molar-refractivity contribution in [3.05, 3.63) is 24.3 Å². The number of aliphatic carboxylic acids is 1. The summed E-state index contributed by atoms with van der Waals surface area (Å²) in [6, 6.07) is 0. The Morgan fingerprint density at radius 3 is 2.67 bits per heavy atom. The van der Waals surface area contributed by atoms with Gasteiger partial charge in [0.05, 0.1) is 18.3 Å². The number of carboxylic acid groups (broad SMARTS) is 1. The first-order valence-electron chi connectivity index (χ1n) is 12.4. The summed E-state index contributed by atoms with van der Waals surface area (Å²) in [5.74, 6) is -4.40. The highest BCUT2D eigenvalue weighted by Gasteiger charge is 2.82. The van der Waals surface area contributed by atoms with Crippen molar-refractivity contribution < 1.29 is 54.4 Å². The summed E-state index contributed by atoms with van der Waals surface area (Å²) in [5.41, 5.74) is -4.24. The molecule has 2 aliphatic heterocycles. The average molecular weight is 508 g/mol. The molecule has 0 aromatic rings. The van der Waals surface area contributed by atoms with Gasteiger partial charge in [0.2, 0.25) is 0 Å². The van der Waals surface area contributed by atoms with Gasteiger partial charge >= 0.3 is 5.97 Å². The van der Waals surface area contributed by atoms with E-state index in [1.165, 1.54) is 0 Å². The van der Waals surface area contributed by atoms with Crippen molar-refractivity contribution in [2.75, 3.05) is 6.61 Å². The predicted molar refractivity (Wildman–Crippen MR) is 115 cm³/mol. The maximum atomic E-state index is 13.5. The fourth-order valence-corrected chi connectivity index (χ4v) is 8.61. The zero-order valence-corrected chi connectivity index (χ0v) is 19.8. The van der Waals surface area contributed by atoms with Crippen molar-refractivity contribution in [3.63, 3.8) is 0 Å². The smallest absolute Gasteiger partial charge is 0.316 e. The van der Waals surface area contributed by atoms with Crippen LogP contribution in [0.15, 0.2) is 24.3 Å². The number of aliphatic hydroxyl groups excluding tert-OH is 4. The lowest BCUT2D eigenvalue weighted by atomic mass is 9.61. The van der Waals surface area contributed by atoms with Gasteiger partial charge in [-0.15, -0.1) is 0 Å². The molecule has 0 radical (unpaired) electrons. The summed E-state index contributed by atoms with van der Waals surface area (Å²) in [5, 5.41) is 64.2. The van der Waals surface area contributed by atoms with Gasteiger partial charge in [-0.25, -0.2) is 0 Å². The molecule has 0 aromatic carbocycles. The minimum absolute atomic E-state index is 0.195. The average Bonchev–Trinajstić information content (AvgIpc) is 3.24. The number of rotatable bonds is 4. The first-order chi connectivity index (χ1) is 16.9. The summed E-state index contributed by atoms with van der Waals surface area (Å²) in [4.78, 5) is 26.2. The highest BCUT2D eigenvalue weighted by Crippen LogP contribution is 2.77. The van der Waals surface area contributed by atoms with E-state index in [1.807, 2.05) is 0 Å². The molecule has 4 bridgehead atoms. The Kier molecular flexibility index (Phi) is 5.01. The molecular weight excluding hydrogens is 476 g/mol. The molecule has 11 nitrogen and oxygen atoms in total. The summed E-state index contributed by atoms with van der Waals surface area (Å²) in [6.07, 6.45) is -4.23. The molecule has 6 rings (SSSR count). The molecule has 0 amide bonds. The normalized spacial score (nSPS) is 56.9. The topological polar surface area (TPSA) is 186 Å². The van der Waals surface area contributed by atoms with Crippen molar-refractivity contribution in [1.29, 1.82) is 0 Å². The van der Waals surface area contributed by atoms with Gasteiger partial charge in [-0.1, -0.05) is 12.7 Å². The monoisotopic (exact) mass is 507 g/mol. The van der Waals surface area contributed by atoms with Gasteiger partial charge < -0.3 is 49.6 Å². The molecule has 6 aliphatic rings. The number of hydrogen-bond acceptors (Lipinski definition) is 11. The fourth-order valence-electron chi connectivity index (χ4n) is 8.61. The van der Waals surface area contributed by atoms with Crippen LogP contribution in [0.25, 0.3) is 0 Å². The Balaban J connectivity index is 1.41. The minimum atomic E-state index is -1.70. The van der Waals surface area contributed by atoms with Gasteiger partial charge in [0.1, 0.15) is 35.4 Å². The van der Waals surface area contributed by atoms with E-state index in [9.17, 15) is 40.2 Å². The van der Waals surface area contributed by atoms with Gasteiger partial charge in [0.25, 0.3) is 0 Å². The molecule has 11 heteroatoms. The van der Waals surface area contributed by atoms with Gasteiger partial charge in [-0.3, -0.25) is 4.79 Å². The molecule has 5 N–H and O–H groups in total. The van der Waals surface area contributed by atoms with Crippen LogP contribution in [0.4, 0.5) is 0 Å². The Hall–Kier alpha value is -1.86. The first kappa shape index (κ1) is 24.5. The third-order valence-corrected chi connectivity index (χ3v) is 10.2. The van der Waals surface area contributed by atoms with E-state index in [4.69, 9.17) is 14.2 Å². The number of carboxylic acids is 1. The van der Waals surface area contributed by atoms with E-state index in [0.29, 0.717) is 18.4 Å². The highest BCUT2D eigenvalue weighted by molar-refractivity contribution is 5.86. The number of fused-ring (bicyclic) bond motifs is 1. The van der Waals surface area contributed by atoms with E-state index in [0.717, 1.165) is 0 Å². The Morgan fingerprint density at radius 1 is 1.28 bits per heavy atom. The summed E-state index contributed by atoms with van der Waals surface area (Å²) in [7, 11) is 0. The van der Waals surface area contributed by atoms with Crippen molar-refractivity contribution in [2.24, 2.45) is 28.6 Å². The summed E-state index contributed by atoms with van der Waals surface area (Å²) < 4.78 is 17.5. The summed E-state index contributed by atoms with van der Waals surface area (Å²) in [6.45, 7) is 4.94. The number of esters is 1. The number of aliphatic hydroxyl groups is 5. The zero-order valence-electron chi connectivity index (χ0n) is 19.8. The van der Waals surface area contributed by atoms with Crippen molar-refractivity contribution in [2.45, 2.75) is 80.6 Å². The fraction of sp³-hybridized carbons (Fsp3) is 0.760. The molecule has 3 saturated carbocycles. The predicted octanol–water partition coefficient (Wildman–Crippen LogP) is -2.48. The SMILES string of the molecule is C=C1C[C@]23C[C@@]1(O)CC[C@H]2[C@@]12C=C[C@H](O[C@@H]4O[C@H](CO)[C@@H](O)[C@H](O)[C@H]4O)[C@](C)(C(=O)O1)[C@H]2[C@@H]3C(=O)[O-]. The number of hydrogen-bond donors (Lipinski definition) is 5. The van der Waals surface area contributed by atoms with E-state index >= 15 is 0 Å². The maximum absolute atomic E-state index is 13.5. The lowest BCUT2D eigenvalue weighted by molar-refractivity contribution is -0.322. The Bertz CT molecular complexity index is 1060. The van der Waals surface area contributed by atoms with Crippen LogP contribution in [0.5, 0.6) is 0 Å². The largest absolute Gasteiger partial charge is 0.550 e. The molecule has 36 heavy (non-hydrogen) atoms. The van der Waals surface area contributed by atoms with E-state index in [2.05, 4.69) is 6.58 Å². The molecule has 0 unspecified atom stereocenters. The Labute approximate surface area is 207 Å². The van der Waals surface area contributed by atoms with Crippen LogP contribution >= 0.6 is 0 Å². The minimum Gasteiger partial charge on any atom is -0.550 e. The number of carbonyl (C=O) groups is 2. The lowest BCUT2D eigenvalue weighted by Crippen LogP contribution is -2.61. The van der Waals surface area contributed by atoms with Crippen LogP contribution in [-0.4, -0.2) is 92.1 Å². The number of carbonyl (C=O) groups excluding carboxylic acids is 2. The Morgan fingerprint density at radius 2 is 2.00 bits per heavy atom. The van der Waals surface area contributed by atoms with Crippen molar-refractivity contribution in [3.8, 4) is 0 Å². The molecule has 5 fully saturated rings. The van der Waals surface area contributed by atoms with Crippen molar-refractivity contribution >= 4 is 11.9 Å². The molecule has 198 valence electrons. The standard InChI is InChI=1S/C25H32O11/c1-10-7-23-9-24(10,33)5-3-12(23)25-6-4-13(22(2,21(32)36-25)18(25)14(23)19(30)31)35-20-17(29)16(28)15(27)11(8-26)34-20/h4,6,11-18,20,26-29,33H,1,3,5,7-9H2,2H3,(H,30,31)/p-1/t11-,12-,13+,14-,15-,16+,17-,18-,20+,22+,23+,24+,25-/m1/s1. The van der Waals surface area contributed by atoms with Crippen LogP contribution < -0.4 is 5.11 Å². The van der Waals surface area contributed by atoms with Crippen LogP contribution in [0.3, 0.4) is 0 Å². The van der Waals surface area contributed by atoms with Gasteiger partial charge in [-0.2, -0.15) is 0 Å². The molecule has 13 atom stereocenters.